The summed E-state index contributed by atoms with van der Waals surface area (Å²) >= 11 is 0. The van der Waals surface area contributed by atoms with Gasteiger partial charge in [0.15, 0.2) is 0 Å². The van der Waals surface area contributed by atoms with Crippen LogP contribution in [0.1, 0.15) is 15.9 Å². The number of furan rings is 1. The molecule has 0 fully saturated rings. The lowest BCUT2D eigenvalue weighted by Crippen LogP contribution is -2.11. The molecule has 0 bridgehead atoms. The number of nitrogens with two attached hydrogens (primary N) is 1. The van der Waals surface area contributed by atoms with Crippen molar-refractivity contribution < 1.29 is 13.6 Å². The molecule has 3 N–H and O–H groups in total. The number of carbonyl (C=O) groups is 1. The highest BCUT2D eigenvalue weighted by atomic mass is 19.1. The lowest BCUT2D eigenvalue weighted by Gasteiger charge is -2.01. The number of nitrogens with one attached hydrogen (secondary N) is 1. The van der Waals surface area contributed by atoms with E-state index in [1.807, 2.05) is 31.3 Å². The molecule has 112 valence electrons. The summed E-state index contributed by atoms with van der Waals surface area (Å²) in [4.78, 5) is 11.4. The van der Waals surface area contributed by atoms with Gasteiger partial charge in [0.05, 0.1) is 5.56 Å². The number of benzene rings is 2. The molecule has 22 heavy (non-hydrogen) atoms. The SMILES string of the molecule is CNCc1ccc(-c2cc3cc(F)cc(C(N)=O)c3o2)cc1. The molecule has 0 saturated carbocycles. The third-order valence-corrected chi connectivity index (χ3v) is 3.47. The molecule has 1 amide bonds. The highest BCUT2D eigenvalue weighted by Gasteiger charge is 2.15. The molecule has 0 aliphatic carbocycles. The Kier molecular flexibility index (Phi) is 3.65. The summed E-state index contributed by atoms with van der Waals surface area (Å²) < 4.78 is 19.3. The number of hydrogen-bond acceptors (Lipinski definition) is 3. The van der Waals surface area contributed by atoms with Crippen LogP contribution in [0.4, 0.5) is 4.39 Å². The van der Waals surface area contributed by atoms with Gasteiger partial charge in [-0.2, -0.15) is 0 Å². The van der Waals surface area contributed by atoms with Gasteiger partial charge in [0, 0.05) is 17.5 Å². The summed E-state index contributed by atoms with van der Waals surface area (Å²) in [6.07, 6.45) is 0. The topological polar surface area (TPSA) is 68.3 Å². The van der Waals surface area contributed by atoms with Crippen molar-refractivity contribution in [2.24, 2.45) is 5.73 Å². The van der Waals surface area contributed by atoms with Crippen LogP contribution in [0.15, 0.2) is 46.9 Å². The fraction of sp³-hybridized carbons (Fsp3) is 0.118. The van der Waals surface area contributed by atoms with Crippen LogP contribution >= 0.6 is 0 Å². The van der Waals surface area contributed by atoms with Gasteiger partial charge in [0.2, 0.25) is 0 Å². The molecule has 3 aromatic rings. The molecule has 1 aromatic heterocycles. The maximum Gasteiger partial charge on any atom is 0.252 e. The van der Waals surface area contributed by atoms with Gasteiger partial charge in [-0.1, -0.05) is 24.3 Å². The zero-order valence-corrected chi connectivity index (χ0v) is 12.0. The third kappa shape index (κ3) is 2.58. The molecule has 0 saturated heterocycles. The Morgan fingerprint density at radius 3 is 2.59 bits per heavy atom. The second kappa shape index (κ2) is 5.61. The molecular formula is C17H15FN2O2. The quantitative estimate of drug-likeness (QED) is 0.778. The average molecular weight is 298 g/mol. The van der Waals surface area contributed by atoms with Gasteiger partial charge in [-0.05, 0) is 30.8 Å². The Morgan fingerprint density at radius 2 is 1.95 bits per heavy atom. The van der Waals surface area contributed by atoms with Crippen LogP contribution < -0.4 is 11.1 Å². The fourth-order valence-corrected chi connectivity index (χ4v) is 2.43. The van der Waals surface area contributed by atoms with Gasteiger partial charge in [-0.3, -0.25) is 4.79 Å². The van der Waals surface area contributed by atoms with Crippen molar-refractivity contribution in [2.75, 3.05) is 7.05 Å². The zero-order chi connectivity index (χ0) is 15.7. The second-order valence-electron chi connectivity index (χ2n) is 5.07. The van der Waals surface area contributed by atoms with Crippen molar-refractivity contribution in [3.63, 3.8) is 0 Å². The predicted octanol–water partition coefficient (Wildman–Crippen LogP) is 3.06. The summed E-state index contributed by atoms with van der Waals surface area (Å²) in [5, 5.41) is 3.59. The van der Waals surface area contributed by atoms with Crippen molar-refractivity contribution in [2.45, 2.75) is 6.54 Å². The molecule has 0 unspecified atom stereocenters. The minimum atomic E-state index is -0.713. The van der Waals surface area contributed by atoms with E-state index in [0.29, 0.717) is 16.7 Å². The molecular weight excluding hydrogens is 283 g/mol. The summed E-state index contributed by atoms with van der Waals surface area (Å²) in [5.41, 5.74) is 7.63. The number of hydrogen-bond donors (Lipinski definition) is 2. The normalized spacial score (nSPS) is 11.0. The number of fused-ring (bicyclic) bond motifs is 1. The predicted molar refractivity (Wildman–Crippen MR) is 82.9 cm³/mol. The molecule has 2 aromatic carbocycles. The first-order valence-corrected chi connectivity index (χ1v) is 6.85. The number of halogens is 1. The van der Waals surface area contributed by atoms with Gasteiger partial charge in [0.1, 0.15) is 17.2 Å². The van der Waals surface area contributed by atoms with Crippen LogP contribution in [0.5, 0.6) is 0 Å². The third-order valence-electron chi connectivity index (χ3n) is 3.47. The van der Waals surface area contributed by atoms with Crippen LogP contribution in [0.25, 0.3) is 22.3 Å². The van der Waals surface area contributed by atoms with Crippen molar-refractivity contribution in [3.8, 4) is 11.3 Å². The molecule has 3 rings (SSSR count). The van der Waals surface area contributed by atoms with Gasteiger partial charge < -0.3 is 15.5 Å². The van der Waals surface area contributed by atoms with E-state index in [-0.39, 0.29) is 5.56 Å². The standard InChI is InChI=1S/C17H15FN2O2/c1-20-9-10-2-4-11(5-3-10)15-7-12-6-13(18)8-14(17(19)21)16(12)22-15/h2-8,20H,9H2,1H3,(H2,19,21). The highest BCUT2D eigenvalue weighted by molar-refractivity contribution is 6.04. The minimum Gasteiger partial charge on any atom is -0.455 e. The largest absolute Gasteiger partial charge is 0.455 e. The molecule has 0 aliphatic heterocycles. The Morgan fingerprint density at radius 1 is 1.23 bits per heavy atom. The molecule has 0 radical (unpaired) electrons. The summed E-state index contributed by atoms with van der Waals surface area (Å²) in [6.45, 7) is 0.775. The number of amides is 1. The number of carbonyl (C=O) groups excluding carboxylic acids is 1. The van der Waals surface area contributed by atoms with Gasteiger partial charge in [0.25, 0.3) is 5.91 Å². The summed E-state index contributed by atoms with van der Waals surface area (Å²) in [6, 6.07) is 11.9. The molecule has 0 aliphatic rings. The van der Waals surface area contributed by atoms with Crippen LogP contribution in [-0.4, -0.2) is 13.0 Å². The Hall–Kier alpha value is -2.66. The first kappa shape index (κ1) is 14.3. The first-order chi connectivity index (χ1) is 10.6. The minimum absolute atomic E-state index is 0.0491. The van der Waals surface area contributed by atoms with E-state index in [2.05, 4.69) is 5.32 Å². The van der Waals surface area contributed by atoms with E-state index in [9.17, 15) is 9.18 Å². The van der Waals surface area contributed by atoms with Crippen LogP contribution in [0.2, 0.25) is 0 Å². The molecule has 5 heteroatoms. The van der Waals surface area contributed by atoms with E-state index in [1.165, 1.54) is 6.07 Å². The lowest BCUT2D eigenvalue weighted by atomic mass is 10.1. The smallest absolute Gasteiger partial charge is 0.252 e. The van der Waals surface area contributed by atoms with Crippen LogP contribution in [0, 0.1) is 5.82 Å². The highest BCUT2D eigenvalue weighted by Crippen LogP contribution is 2.30. The van der Waals surface area contributed by atoms with E-state index >= 15 is 0 Å². The number of primary amides is 1. The van der Waals surface area contributed by atoms with Crippen molar-refractivity contribution in [1.29, 1.82) is 0 Å². The molecule has 4 nitrogen and oxygen atoms in total. The fourth-order valence-electron chi connectivity index (χ4n) is 2.43. The average Bonchev–Trinajstić information content (AvgIpc) is 2.91. The van der Waals surface area contributed by atoms with E-state index < -0.39 is 11.7 Å². The maximum atomic E-state index is 13.6. The second-order valence-corrected chi connectivity index (χ2v) is 5.07. The van der Waals surface area contributed by atoms with E-state index in [4.69, 9.17) is 10.2 Å². The molecule has 0 atom stereocenters. The Bertz CT molecular complexity index is 838. The van der Waals surface area contributed by atoms with Crippen LogP contribution in [0.3, 0.4) is 0 Å². The van der Waals surface area contributed by atoms with Gasteiger partial charge in [-0.25, -0.2) is 4.39 Å². The lowest BCUT2D eigenvalue weighted by molar-refractivity contribution is 0.100. The van der Waals surface area contributed by atoms with Crippen molar-refractivity contribution >= 4 is 16.9 Å². The van der Waals surface area contributed by atoms with Crippen molar-refractivity contribution in [3.05, 3.63) is 59.4 Å². The summed E-state index contributed by atoms with van der Waals surface area (Å²) in [5.74, 6) is -0.660. The van der Waals surface area contributed by atoms with E-state index in [0.717, 1.165) is 23.7 Å². The zero-order valence-electron chi connectivity index (χ0n) is 12.0. The van der Waals surface area contributed by atoms with Gasteiger partial charge in [-0.15, -0.1) is 0 Å². The van der Waals surface area contributed by atoms with Crippen LogP contribution in [-0.2, 0) is 6.54 Å². The monoisotopic (exact) mass is 298 g/mol. The van der Waals surface area contributed by atoms with E-state index in [1.54, 1.807) is 6.07 Å². The Labute approximate surface area is 126 Å². The first-order valence-electron chi connectivity index (χ1n) is 6.85. The maximum absolute atomic E-state index is 13.6. The molecule has 0 spiro atoms. The van der Waals surface area contributed by atoms with Gasteiger partial charge >= 0.3 is 0 Å². The Balaban J connectivity index is 2.08. The number of rotatable bonds is 4. The molecule has 1 heterocycles. The summed E-state index contributed by atoms with van der Waals surface area (Å²) in [7, 11) is 1.88. The van der Waals surface area contributed by atoms with Crippen molar-refractivity contribution in [1.82, 2.24) is 5.32 Å².